The van der Waals surface area contributed by atoms with Crippen LogP contribution in [0.4, 0.5) is 17.6 Å². The van der Waals surface area contributed by atoms with E-state index < -0.39 is 34.8 Å². The smallest absolute Gasteiger partial charge is 0.346 e. The molecule has 0 radical (unpaired) electrons. The molecular weight excluding hydrogens is 344 g/mol. The van der Waals surface area contributed by atoms with Crippen LogP contribution in [-0.2, 0) is 6.42 Å². The van der Waals surface area contributed by atoms with E-state index in [9.17, 15) is 27.5 Å². The quantitative estimate of drug-likeness (QED) is 0.506. The van der Waals surface area contributed by atoms with Crippen molar-refractivity contribution < 1.29 is 27.5 Å². The molecule has 0 bridgehead atoms. The Bertz CT molecular complexity index is 979. The van der Waals surface area contributed by atoms with E-state index in [1.54, 1.807) is 0 Å². The Labute approximate surface area is 138 Å². The molecule has 0 aliphatic heterocycles. The van der Waals surface area contributed by atoms with Crippen molar-refractivity contribution in [3.63, 3.8) is 0 Å². The van der Waals surface area contributed by atoms with Crippen LogP contribution >= 0.6 is 11.3 Å². The molecule has 0 aliphatic carbocycles. The molecule has 2 aromatic carbocycles. The van der Waals surface area contributed by atoms with Crippen LogP contribution in [0, 0.1) is 23.3 Å². The zero-order valence-electron chi connectivity index (χ0n) is 12.3. The van der Waals surface area contributed by atoms with Crippen LogP contribution in [0.1, 0.15) is 22.2 Å². The average Bonchev–Trinajstić information content (AvgIpc) is 2.90. The van der Waals surface area contributed by atoms with Crippen LogP contribution in [0.2, 0.25) is 0 Å². The van der Waals surface area contributed by atoms with Gasteiger partial charge in [-0.15, -0.1) is 11.3 Å². The van der Waals surface area contributed by atoms with Crippen LogP contribution in [0.25, 0.3) is 21.2 Å². The lowest BCUT2D eigenvalue weighted by Crippen LogP contribution is -2.03. The normalized spacial score (nSPS) is 11.2. The summed E-state index contributed by atoms with van der Waals surface area (Å²) in [5.74, 6) is -5.49. The molecule has 3 aromatic rings. The molecule has 0 atom stereocenters. The zero-order valence-corrected chi connectivity index (χ0v) is 13.1. The number of aromatic carboxylic acids is 1. The van der Waals surface area contributed by atoms with Crippen molar-refractivity contribution in [3.8, 4) is 11.1 Å². The van der Waals surface area contributed by atoms with Gasteiger partial charge < -0.3 is 5.11 Å². The van der Waals surface area contributed by atoms with Crippen molar-refractivity contribution in [1.29, 1.82) is 0 Å². The van der Waals surface area contributed by atoms with Gasteiger partial charge in [0, 0.05) is 26.8 Å². The highest BCUT2D eigenvalue weighted by Crippen LogP contribution is 2.41. The van der Waals surface area contributed by atoms with E-state index in [1.165, 1.54) is 13.0 Å². The lowest BCUT2D eigenvalue weighted by Gasteiger charge is -2.10. The predicted molar refractivity (Wildman–Crippen MR) is 83.4 cm³/mol. The molecule has 0 fully saturated rings. The molecule has 1 N–H and O–H groups in total. The molecule has 0 spiro atoms. The maximum atomic E-state index is 14.7. The monoisotopic (exact) mass is 354 g/mol. The summed E-state index contributed by atoms with van der Waals surface area (Å²) in [4.78, 5) is 11.2. The second-order valence-electron chi connectivity index (χ2n) is 5.12. The zero-order chi connectivity index (χ0) is 17.6. The van der Waals surface area contributed by atoms with E-state index in [4.69, 9.17) is 0 Å². The van der Waals surface area contributed by atoms with Crippen molar-refractivity contribution in [2.24, 2.45) is 0 Å². The van der Waals surface area contributed by atoms with E-state index in [2.05, 4.69) is 0 Å². The molecule has 0 saturated carbocycles. The van der Waals surface area contributed by atoms with E-state index >= 15 is 0 Å². The van der Waals surface area contributed by atoms with Crippen molar-refractivity contribution in [2.75, 3.05) is 0 Å². The van der Waals surface area contributed by atoms with Gasteiger partial charge in [0.05, 0.1) is 0 Å². The molecule has 7 heteroatoms. The number of hydrogen-bond donors (Lipinski definition) is 1. The molecule has 2 nitrogen and oxygen atoms in total. The molecule has 1 aromatic heterocycles. The van der Waals surface area contributed by atoms with Gasteiger partial charge in [-0.2, -0.15) is 0 Å². The summed E-state index contributed by atoms with van der Waals surface area (Å²) >= 11 is 0.751. The van der Waals surface area contributed by atoms with Crippen LogP contribution < -0.4 is 0 Å². The van der Waals surface area contributed by atoms with Gasteiger partial charge in [0.1, 0.15) is 16.5 Å². The van der Waals surface area contributed by atoms with Gasteiger partial charge in [0.15, 0.2) is 11.6 Å². The van der Waals surface area contributed by atoms with E-state index in [0.717, 1.165) is 23.5 Å². The van der Waals surface area contributed by atoms with Crippen molar-refractivity contribution in [3.05, 3.63) is 58.0 Å². The minimum absolute atomic E-state index is 0.0754. The third-order valence-corrected chi connectivity index (χ3v) is 4.86. The second kappa shape index (κ2) is 5.90. The summed E-state index contributed by atoms with van der Waals surface area (Å²) in [6.45, 7) is 1.46. The minimum Gasteiger partial charge on any atom is -0.477 e. The van der Waals surface area contributed by atoms with Gasteiger partial charge in [-0.1, -0.05) is 6.92 Å². The Kier molecular flexibility index (Phi) is 4.04. The van der Waals surface area contributed by atoms with Gasteiger partial charge in [-0.25, -0.2) is 22.4 Å². The summed E-state index contributed by atoms with van der Waals surface area (Å²) in [6, 6.07) is 4.16. The number of thiophene rings is 1. The van der Waals surface area contributed by atoms with Gasteiger partial charge in [0.2, 0.25) is 0 Å². The maximum absolute atomic E-state index is 14.7. The van der Waals surface area contributed by atoms with Crippen molar-refractivity contribution in [1.82, 2.24) is 0 Å². The molecule has 1 heterocycles. The number of rotatable bonds is 3. The summed E-state index contributed by atoms with van der Waals surface area (Å²) in [7, 11) is 0. The highest BCUT2D eigenvalue weighted by molar-refractivity contribution is 7.21. The Morgan fingerprint density at radius 2 is 1.83 bits per heavy atom. The molecule has 0 unspecified atom stereocenters. The van der Waals surface area contributed by atoms with Crippen LogP contribution in [0.3, 0.4) is 0 Å². The number of carboxylic acids is 1. The molecule has 0 aliphatic rings. The Hall–Kier alpha value is -2.41. The second-order valence-corrected chi connectivity index (χ2v) is 6.17. The summed E-state index contributed by atoms with van der Waals surface area (Å²) < 4.78 is 55.9. The van der Waals surface area contributed by atoms with Crippen molar-refractivity contribution >= 4 is 27.4 Å². The fourth-order valence-electron chi connectivity index (χ4n) is 2.64. The third kappa shape index (κ3) is 2.45. The fraction of sp³-hybridized carbons (Fsp3) is 0.118. The number of fused-ring (bicyclic) bond motifs is 1. The first-order chi connectivity index (χ1) is 11.3. The molecule has 0 amide bonds. The largest absolute Gasteiger partial charge is 0.477 e. The lowest BCUT2D eigenvalue weighted by atomic mass is 9.97. The third-order valence-electron chi connectivity index (χ3n) is 3.72. The molecular formula is C17H10F4O2S. The lowest BCUT2D eigenvalue weighted by molar-refractivity contribution is 0.0703. The van der Waals surface area contributed by atoms with E-state index in [0.29, 0.717) is 6.07 Å². The molecule has 124 valence electrons. The molecule has 3 rings (SSSR count). The summed E-state index contributed by atoms with van der Waals surface area (Å²) in [5.41, 5.74) is -0.877. The fourth-order valence-corrected chi connectivity index (χ4v) is 3.72. The molecule has 24 heavy (non-hydrogen) atoms. The van der Waals surface area contributed by atoms with Crippen LogP contribution in [0.5, 0.6) is 0 Å². The Morgan fingerprint density at radius 1 is 1.12 bits per heavy atom. The predicted octanol–water partition coefficient (Wildman–Crippen LogP) is 5.39. The number of carboxylic acid groups (broad SMARTS) is 1. The number of halogens is 4. The number of carbonyl (C=O) groups is 1. The van der Waals surface area contributed by atoms with E-state index in [1.807, 2.05) is 0 Å². The Morgan fingerprint density at radius 3 is 2.46 bits per heavy atom. The highest BCUT2D eigenvalue weighted by atomic mass is 32.1. The van der Waals surface area contributed by atoms with Gasteiger partial charge in [-0.3, -0.25) is 0 Å². The van der Waals surface area contributed by atoms with Crippen LogP contribution in [-0.4, -0.2) is 11.1 Å². The highest BCUT2D eigenvalue weighted by Gasteiger charge is 2.25. The summed E-state index contributed by atoms with van der Waals surface area (Å²) in [6.07, 6.45) is -0.0957. The van der Waals surface area contributed by atoms with Gasteiger partial charge in [-0.05, 0) is 30.7 Å². The number of benzene rings is 2. The first kappa shape index (κ1) is 16.4. The van der Waals surface area contributed by atoms with Gasteiger partial charge in [0.25, 0.3) is 0 Å². The first-order valence-electron chi connectivity index (χ1n) is 6.97. The van der Waals surface area contributed by atoms with Gasteiger partial charge >= 0.3 is 5.97 Å². The first-order valence-corrected chi connectivity index (χ1v) is 7.78. The summed E-state index contributed by atoms with van der Waals surface area (Å²) in [5, 5.41) is 9.63. The van der Waals surface area contributed by atoms with Crippen LogP contribution in [0.15, 0.2) is 24.3 Å². The standard InChI is InChI=1S/C17H10F4O2S/c1-2-8-14(20)10(6-11(19)15(8)21)13-9-4-3-7(18)5-12(9)24-16(13)17(22)23/h3-6H,2H2,1H3,(H,22,23). The maximum Gasteiger partial charge on any atom is 0.346 e. The minimum atomic E-state index is -1.35. The molecule has 0 saturated heterocycles. The van der Waals surface area contributed by atoms with Crippen molar-refractivity contribution in [2.45, 2.75) is 13.3 Å². The Balaban J connectivity index is 2.44. The topological polar surface area (TPSA) is 37.3 Å². The SMILES string of the molecule is CCc1c(F)c(F)cc(-c2c(C(=O)O)sc3cc(F)ccc23)c1F. The average molecular weight is 354 g/mol. The number of hydrogen-bond acceptors (Lipinski definition) is 2. The van der Waals surface area contributed by atoms with E-state index in [-0.39, 0.29) is 32.5 Å².